The molecule has 0 bridgehead atoms. The molecule has 0 saturated heterocycles. The van der Waals surface area contributed by atoms with Gasteiger partial charge in [0.1, 0.15) is 11.5 Å². The highest BCUT2D eigenvalue weighted by molar-refractivity contribution is 5.86. The summed E-state index contributed by atoms with van der Waals surface area (Å²) in [7, 11) is 0. The minimum Gasteiger partial charge on any atom is -0.494 e. The smallest absolute Gasteiger partial charge is 0.344 e. The van der Waals surface area contributed by atoms with Crippen molar-refractivity contribution in [2.75, 3.05) is 6.61 Å². The van der Waals surface area contributed by atoms with E-state index in [1.54, 1.807) is 24.3 Å². The molecule has 3 aromatic carbocycles. The van der Waals surface area contributed by atoms with Gasteiger partial charge in [0.15, 0.2) is 11.9 Å². The zero-order chi connectivity index (χ0) is 29.8. The highest BCUT2D eigenvalue weighted by Gasteiger charge is 2.20. The fourth-order valence-electron chi connectivity index (χ4n) is 4.29. The molecule has 0 aliphatic rings. The van der Waals surface area contributed by atoms with Crippen LogP contribution in [0.5, 0.6) is 11.5 Å². The van der Waals surface area contributed by atoms with Gasteiger partial charge in [-0.15, -0.1) is 0 Å². The molecule has 4 rings (SSSR count). The van der Waals surface area contributed by atoms with E-state index in [1.807, 2.05) is 39.8 Å². The van der Waals surface area contributed by atoms with Gasteiger partial charge in [0.2, 0.25) is 0 Å². The van der Waals surface area contributed by atoms with Gasteiger partial charge in [-0.25, -0.2) is 9.78 Å². The third-order valence-corrected chi connectivity index (χ3v) is 6.44. The number of aromatic nitrogens is 2. The second kappa shape index (κ2) is 12.0. The fraction of sp³-hybridized carbons (Fsp3) is 0.267. The SMILES string of the molecule is CCOc1cc(C)c(-c2nc3ccccc3c(=O)n2N=Cc2cc([N+](=O)[O-])ccc2O[C@H](C)C(=O)O)cc1C(C)C. The Bertz CT molecular complexity index is 1730. The van der Waals surface area contributed by atoms with Gasteiger partial charge >= 0.3 is 5.97 Å². The first kappa shape index (κ1) is 28.9. The van der Waals surface area contributed by atoms with Gasteiger partial charge in [0.25, 0.3) is 11.2 Å². The lowest BCUT2D eigenvalue weighted by atomic mass is 9.96. The number of para-hydroxylation sites is 1. The zero-order valence-corrected chi connectivity index (χ0v) is 23.3. The van der Waals surface area contributed by atoms with Crippen molar-refractivity contribution in [3.05, 3.63) is 91.8 Å². The van der Waals surface area contributed by atoms with E-state index in [-0.39, 0.29) is 28.7 Å². The van der Waals surface area contributed by atoms with Crippen molar-refractivity contribution in [2.45, 2.75) is 46.6 Å². The van der Waals surface area contributed by atoms with Crippen LogP contribution in [0.4, 0.5) is 5.69 Å². The minimum absolute atomic E-state index is 0.0527. The first-order valence-electron chi connectivity index (χ1n) is 13.0. The van der Waals surface area contributed by atoms with E-state index >= 15 is 0 Å². The molecule has 11 nitrogen and oxygen atoms in total. The number of aliphatic carboxylic acids is 1. The Balaban J connectivity index is 1.97. The number of hydrogen-bond acceptors (Lipinski definition) is 8. The second-order valence-electron chi connectivity index (χ2n) is 9.68. The predicted octanol–water partition coefficient (Wildman–Crippen LogP) is 5.54. The van der Waals surface area contributed by atoms with Crippen LogP contribution in [0.15, 0.2) is 64.5 Å². The van der Waals surface area contributed by atoms with E-state index in [1.165, 1.54) is 31.3 Å². The van der Waals surface area contributed by atoms with Gasteiger partial charge in [0.05, 0.1) is 28.6 Å². The number of hydrogen-bond donors (Lipinski definition) is 1. The summed E-state index contributed by atoms with van der Waals surface area (Å²) in [5, 5.41) is 25.5. The molecule has 11 heteroatoms. The molecule has 4 aromatic rings. The summed E-state index contributed by atoms with van der Waals surface area (Å²) in [6, 6.07) is 14.4. The van der Waals surface area contributed by atoms with Crippen LogP contribution in [0.3, 0.4) is 0 Å². The molecule has 1 aromatic heterocycles. The largest absolute Gasteiger partial charge is 0.494 e. The Hall–Kier alpha value is -5.06. The molecule has 0 radical (unpaired) electrons. The van der Waals surface area contributed by atoms with E-state index in [2.05, 4.69) is 5.10 Å². The van der Waals surface area contributed by atoms with Crippen molar-refractivity contribution in [2.24, 2.45) is 5.10 Å². The number of ether oxygens (including phenoxy) is 2. The van der Waals surface area contributed by atoms with Gasteiger partial charge in [-0.3, -0.25) is 14.9 Å². The summed E-state index contributed by atoms with van der Waals surface area (Å²) < 4.78 is 12.5. The molecule has 0 aliphatic heterocycles. The topological polar surface area (TPSA) is 146 Å². The normalized spacial score (nSPS) is 12.1. The molecule has 212 valence electrons. The van der Waals surface area contributed by atoms with Gasteiger partial charge in [-0.1, -0.05) is 26.0 Å². The first-order chi connectivity index (χ1) is 19.5. The van der Waals surface area contributed by atoms with E-state index in [0.29, 0.717) is 23.1 Å². The maximum absolute atomic E-state index is 13.7. The molecule has 0 unspecified atom stereocenters. The number of nitro benzene ring substituents is 1. The minimum atomic E-state index is -1.23. The zero-order valence-electron chi connectivity index (χ0n) is 23.3. The van der Waals surface area contributed by atoms with E-state index in [0.717, 1.165) is 21.6 Å². The van der Waals surface area contributed by atoms with Gasteiger partial charge in [0, 0.05) is 23.3 Å². The van der Waals surface area contributed by atoms with Crippen LogP contribution in [0.25, 0.3) is 22.3 Å². The standard InChI is InChI=1S/C30H30N4O7/c1-6-40-27-13-18(4)24(15-23(27)17(2)3)28-32-25-10-8-7-9-22(25)29(35)33(28)31-16-20-14-21(34(38)39)11-12-26(20)41-19(5)30(36)37/h7-17,19H,6H2,1-5H3,(H,36,37)/t19-/m1/s1. The maximum atomic E-state index is 13.7. The molecule has 0 saturated carbocycles. The van der Waals surface area contributed by atoms with Crippen LogP contribution in [0, 0.1) is 17.0 Å². The number of rotatable bonds is 10. The number of carboxylic acids is 1. The number of benzene rings is 3. The van der Waals surface area contributed by atoms with Crippen molar-refractivity contribution in [3.8, 4) is 22.9 Å². The second-order valence-corrected chi connectivity index (χ2v) is 9.68. The quantitative estimate of drug-likeness (QED) is 0.152. The van der Waals surface area contributed by atoms with Crippen molar-refractivity contribution in [3.63, 3.8) is 0 Å². The third-order valence-electron chi connectivity index (χ3n) is 6.44. The predicted molar refractivity (Wildman–Crippen MR) is 155 cm³/mol. The number of nitro groups is 1. The lowest BCUT2D eigenvalue weighted by molar-refractivity contribution is -0.384. The van der Waals surface area contributed by atoms with Crippen molar-refractivity contribution in [1.29, 1.82) is 0 Å². The van der Waals surface area contributed by atoms with E-state index < -0.39 is 22.6 Å². The molecule has 0 spiro atoms. The first-order valence-corrected chi connectivity index (χ1v) is 13.0. The average molecular weight is 559 g/mol. The lowest BCUT2D eigenvalue weighted by Crippen LogP contribution is -2.23. The van der Waals surface area contributed by atoms with Gasteiger partial charge in [-0.2, -0.15) is 9.78 Å². The van der Waals surface area contributed by atoms with Gasteiger partial charge < -0.3 is 14.6 Å². The van der Waals surface area contributed by atoms with E-state index in [9.17, 15) is 24.8 Å². The molecule has 1 atom stereocenters. The third kappa shape index (κ3) is 6.08. The Morgan fingerprint density at radius 3 is 2.54 bits per heavy atom. The summed E-state index contributed by atoms with van der Waals surface area (Å²) >= 11 is 0. The van der Waals surface area contributed by atoms with Crippen molar-refractivity contribution < 1.29 is 24.3 Å². The Labute approximate surface area is 235 Å². The number of carbonyl (C=O) groups is 1. The lowest BCUT2D eigenvalue weighted by Gasteiger charge is -2.18. The molecule has 41 heavy (non-hydrogen) atoms. The molecular formula is C30H30N4O7. The van der Waals surface area contributed by atoms with Crippen molar-refractivity contribution >= 4 is 28.8 Å². The summed E-state index contributed by atoms with van der Waals surface area (Å²) in [5.74, 6) is -0.0414. The highest BCUT2D eigenvalue weighted by atomic mass is 16.6. The van der Waals surface area contributed by atoms with Crippen LogP contribution < -0.4 is 15.0 Å². The summed E-state index contributed by atoms with van der Waals surface area (Å²) in [5.41, 5.74) is 2.29. The van der Waals surface area contributed by atoms with Crippen LogP contribution >= 0.6 is 0 Å². The number of nitrogens with zero attached hydrogens (tertiary/aromatic N) is 4. The van der Waals surface area contributed by atoms with Crippen molar-refractivity contribution in [1.82, 2.24) is 9.66 Å². The number of fused-ring (bicyclic) bond motifs is 1. The molecule has 0 aliphatic carbocycles. The molecule has 0 amide bonds. The molecule has 0 fully saturated rings. The number of non-ortho nitro benzene ring substituents is 1. The fourth-order valence-corrected chi connectivity index (χ4v) is 4.29. The molecule has 1 N–H and O–H groups in total. The summed E-state index contributed by atoms with van der Waals surface area (Å²) in [6.45, 7) is 9.71. The average Bonchev–Trinajstić information content (AvgIpc) is 2.93. The van der Waals surface area contributed by atoms with Crippen LogP contribution in [0.1, 0.15) is 50.3 Å². The Morgan fingerprint density at radius 2 is 1.88 bits per heavy atom. The molecule has 1 heterocycles. The van der Waals surface area contributed by atoms with Crippen LogP contribution in [-0.4, -0.2) is 44.6 Å². The number of aryl methyl sites for hydroxylation is 1. The maximum Gasteiger partial charge on any atom is 0.344 e. The Kier molecular flexibility index (Phi) is 8.46. The molecular weight excluding hydrogens is 528 g/mol. The summed E-state index contributed by atoms with van der Waals surface area (Å²) in [6.07, 6.45) is -0.00362. The number of carboxylic acid groups (broad SMARTS) is 1. The van der Waals surface area contributed by atoms with Crippen LogP contribution in [-0.2, 0) is 4.79 Å². The monoisotopic (exact) mass is 558 g/mol. The summed E-state index contributed by atoms with van der Waals surface area (Å²) in [4.78, 5) is 40.8. The highest BCUT2D eigenvalue weighted by Crippen LogP contribution is 2.34. The Morgan fingerprint density at radius 1 is 1.15 bits per heavy atom. The van der Waals surface area contributed by atoms with Crippen LogP contribution in [0.2, 0.25) is 0 Å². The van der Waals surface area contributed by atoms with E-state index in [4.69, 9.17) is 14.5 Å². The van der Waals surface area contributed by atoms with Gasteiger partial charge in [-0.05, 0) is 68.1 Å².